The highest BCUT2D eigenvalue weighted by Gasteiger charge is 2.45. The first-order valence-corrected chi connectivity index (χ1v) is 5.33. The summed E-state index contributed by atoms with van der Waals surface area (Å²) in [7, 11) is 0. The zero-order chi connectivity index (χ0) is 7.84. The summed E-state index contributed by atoms with van der Waals surface area (Å²) in [4.78, 5) is 0. The monoisotopic (exact) mass is 152 g/mol. The Hall–Kier alpha value is 0. The van der Waals surface area contributed by atoms with E-state index in [1.54, 1.807) is 19.3 Å². The molecule has 11 heavy (non-hydrogen) atoms. The summed E-state index contributed by atoms with van der Waals surface area (Å²) in [6.07, 6.45) is 7.56. The van der Waals surface area contributed by atoms with E-state index in [1.165, 1.54) is 18.8 Å². The van der Waals surface area contributed by atoms with Gasteiger partial charge in [-0.3, -0.25) is 0 Å². The molecule has 64 valence electrons. The van der Waals surface area contributed by atoms with Gasteiger partial charge in [0.2, 0.25) is 0 Å². The largest absolute Gasteiger partial charge is 0.0654 e. The summed E-state index contributed by atoms with van der Waals surface area (Å²) in [6.45, 7) is 4.77. The Morgan fingerprint density at radius 3 is 2.45 bits per heavy atom. The molecule has 2 rings (SSSR count). The molecule has 0 saturated heterocycles. The molecule has 3 atom stereocenters. The summed E-state index contributed by atoms with van der Waals surface area (Å²) in [5, 5.41) is 0. The normalized spacial score (nSPS) is 43.6. The molecule has 0 aromatic rings. The van der Waals surface area contributed by atoms with Gasteiger partial charge in [0.25, 0.3) is 0 Å². The maximum atomic E-state index is 2.44. The van der Waals surface area contributed by atoms with Gasteiger partial charge >= 0.3 is 0 Å². The summed E-state index contributed by atoms with van der Waals surface area (Å²) >= 11 is 0. The lowest BCUT2D eigenvalue weighted by molar-refractivity contribution is 0.0584. The van der Waals surface area contributed by atoms with Gasteiger partial charge in [0.1, 0.15) is 0 Å². The Morgan fingerprint density at radius 1 is 1.27 bits per heavy atom. The predicted molar refractivity (Wildman–Crippen MR) is 48.4 cm³/mol. The minimum atomic E-state index is 1.06. The van der Waals surface area contributed by atoms with Crippen molar-refractivity contribution in [2.75, 3.05) is 0 Å². The Morgan fingerprint density at radius 2 is 2.00 bits per heavy atom. The van der Waals surface area contributed by atoms with Crippen LogP contribution in [0.15, 0.2) is 0 Å². The maximum Gasteiger partial charge on any atom is -0.0352 e. The van der Waals surface area contributed by atoms with E-state index >= 15 is 0 Å². The zero-order valence-electron chi connectivity index (χ0n) is 7.84. The minimum Gasteiger partial charge on any atom is -0.0654 e. The van der Waals surface area contributed by atoms with Crippen molar-refractivity contribution in [3.63, 3.8) is 0 Å². The molecule has 0 bridgehead atoms. The van der Waals surface area contributed by atoms with Crippen LogP contribution in [0.1, 0.15) is 46.0 Å². The van der Waals surface area contributed by atoms with Gasteiger partial charge in [0, 0.05) is 0 Å². The second-order valence-corrected chi connectivity index (χ2v) is 4.67. The number of hydrogen-bond acceptors (Lipinski definition) is 0. The quantitative estimate of drug-likeness (QED) is 0.581. The van der Waals surface area contributed by atoms with Gasteiger partial charge in [0.15, 0.2) is 0 Å². The molecule has 0 aliphatic heterocycles. The molecule has 0 spiro atoms. The van der Waals surface area contributed by atoms with E-state index in [0.717, 1.165) is 17.8 Å². The molecule has 3 unspecified atom stereocenters. The summed E-state index contributed by atoms with van der Waals surface area (Å²) in [6, 6.07) is 0. The van der Waals surface area contributed by atoms with Gasteiger partial charge in [-0.05, 0) is 42.9 Å². The molecule has 0 radical (unpaired) electrons. The van der Waals surface area contributed by atoms with E-state index in [0.29, 0.717) is 0 Å². The first-order chi connectivity index (χ1) is 5.33. The van der Waals surface area contributed by atoms with E-state index in [1.807, 2.05) is 0 Å². The van der Waals surface area contributed by atoms with Crippen LogP contribution in [0.25, 0.3) is 0 Å². The molecule has 0 heterocycles. The van der Waals surface area contributed by atoms with E-state index < -0.39 is 0 Å². The van der Waals surface area contributed by atoms with E-state index in [2.05, 4.69) is 13.8 Å². The van der Waals surface area contributed by atoms with Crippen LogP contribution in [-0.4, -0.2) is 0 Å². The molecule has 0 N–H and O–H groups in total. The van der Waals surface area contributed by atoms with Gasteiger partial charge in [0.05, 0.1) is 0 Å². The van der Waals surface area contributed by atoms with Crippen LogP contribution in [0.2, 0.25) is 0 Å². The second-order valence-electron chi connectivity index (χ2n) is 4.67. The van der Waals surface area contributed by atoms with Crippen molar-refractivity contribution in [2.45, 2.75) is 46.0 Å². The lowest BCUT2D eigenvalue weighted by Crippen LogP contribution is -2.36. The maximum absolute atomic E-state index is 2.44. The van der Waals surface area contributed by atoms with Crippen LogP contribution in [0.5, 0.6) is 0 Å². The van der Waals surface area contributed by atoms with Crippen molar-refractivity contribution in [3.05, 3.63) is 0 Å². The average Bonchev–Trinajstić information content (AvgIpc) is 2.78. The Bertz CT molecular complexity index is 135. The summed E-state index contributed by atoms with van der Waals surface area (Å²) in [5.41, 5.74) is 0. The van der Waals surface area contributed by atoms with Gasteiger partial charge in [-0.25, -0.2) is 0 Å². The molecular weight excluding hydrogens is 132 g/mol. The van der Waals surface area contributed by atoms with Gasteiger partial charge < -0.3 is 0 Å². The second kappa shape index (κ2) is 2.80. The standard InChI is InChI=1S/C11H20/c1-3-4-10-8(2)7-11(10)9-5-6-9/h8-11H,3-7H2,1-2H3. The number of rotatable bonds is 3. The van der Waals surface area contributed by atoms with Crippen molar-refractivity contribution in [3.8, 4) is 0 Å². The zero-order valence-corrected chi connectivity index (χ0v) is 7.84. The fourth-order valence-electron chi connectivity index (χ4n) is 2.90. The van der Waals surface area contributed by atoms with E-state index in [4.69, 9.17) is 0 Å². The molecule has 2 saturated carbocycles. The van der Waals surface area contributed by atoms with Crippen LogP contribution >= 0.6 is 0 Å². The molecule has 0 aromatic heterocycles. The van der Waals surface area contributed by atoms with E-state index in [9.17, 15) is 0 Å². The minimum absolute atomic E-state index is 1.06. The lowest BCUT2D eigenvalue weighted by Gasteiger charge is -2.43. The molecule has 0 amide bonds. The van der Waals surface area contributed by atoms with Gasteiger partial charge in [-0.1, -0.05) is 26.7 Å². The topological polar surface area (TPSA) is 0 Å². The van der Waals surface area contributed by atoms with Crippen molar-refractivity contribution in [1.82, 2.24) is 0 Å². The third-order valence-corrected chi connectivity index (χ3v) is 3.77. The fraction of sp³-hybridized carbons (Fsp3) is 1.00. The highest BCUT2D eigenvalue weighted by atomic mass is 14.5. The number of hydrogen-bond donors (Lipinski definition) is 0. The van der Waals surface area contributed by atoms with Crippen LogP contribution < -0.4 is 0 Å². The predicted octanol–water partition coefficient (Wildman–Crippen LogP) is 3.47. The fourth-order valence-corrected chi connectivity index (χ4v) is 2.90. The average molecular weight is 152 g/mol. The Labute approximate surface area is 70.4 Å². The van der Waals surface area contributed by atoms with Crippen LogP contribution in [0, 0.1) is 23.7 Å². The van der Waals surface area contributed by atoms with Gasteiger partial charge in [-0.2, -0.15) is 0 Å². The van der Waals surface area contributed by atoms with Crippen molar-refractivity contribution in [1.29, 1.82) is 0 Å². The molecule has 0 aromatic carbocycles. The SMILES string of the molecule is CCCC1C(C)CC1C1CC1. The highest BCUT2D eigenvalue weighted by Crippen LogP contribution is 2.54. The van der Waals surface area contributed by atoms with Crippen LogP contribution in [-0.2, 0) is 0 Å². The summed E-state index contributed by atoms with van der Waals surface area (Å²) < 4.78 is 0. The van der Waals surface area contributed by atoms with Crippen molar-refractivity contribution in [2.24, 2.45) is 23.7 Å². The first-order valence-electron chi connectivity index (χ1n) is 5.33. The molecular formula is C11H20. The summed E-state index contributed by atoms with van der Waals surface area (Å²) in [5.74, 6) is 4.50. The van der Waals surface area contributed by atoms with Crippen LogP contribution in [0.3, 0.4) is 0 Å². The van der Waals surface area contributed by atoms with Crippen molar-refractivity contribution < 1.29 is 0 Å². The van der Waals surface area contributed by atoms with E-state index in [-0.39, 0.29) is 0 Å². The molecule has 2 aliphatic carbocycles. The highest BCUT2D eigenvalue weighted by molar-refractivity contribution is 4.95. The smallest absolute Gasteiger partial charge is 0.0352 e. The molecule has 0 heteroatoms. The van der Waals surface area contributed by atoms with Crippen molar-refractivity contribution >= 4 is 0 Å². The molecule has 2 fully saturated rings. The van der Waals surface area contributed by atoms with Gasteiger partial charge in [-0.15, -0.1) is 0 Å². The Balaban J connectivity index is 1.83. The lowest BCUT2D eigenvalue weighted by atomic mass is 9.62. The third kappa shape index (κ3) is 1.32. The first kappa shape index (κ1) is 7.64. The van der Waals surface area contributed by atoms with Crippen LogP contribution in [0.4, 0.5) is 0 Å². The molecule has 0 nitrogen and oxygen atoms in total. The Kier molecular flexibility index (Phi) is 1.95. The third-order valence-electron chi connectivity index (χ3n) is 3.77. The molecule has 2 aliphatic rings.